The molecule has 1 spiro atoms. The number of ether oxygens (including phenoxy) is 6. The Kier molecular flexibility index (Phi) is 8.19. The van der Waals surface area contributed by atoms with E-state index in [2.05, 4.69) is 4.98 Å². The SMILES string of the molecule is CC(=O)OC[C@]12[C@@H](OC(C)=O)CC[C@@H](C)[C@]13OC(C)(C)[C@H]([C@@H](OC(C)=O)[C@@H]2OC(=O)c1cccnc1)[C@@H]3OC(C)=O. The van der Waals surface area contributed by atoms with E-state index >= 15 is 0 Å². The lowest BCUT2D eigenvalue weighted by Crippen LogP contribution is -2.79. The fraction of sp³-hybridized carbons (Fsp3) is 0.655. The van der Waals surface area contributed by atoms with Crippen molar-refractivity contribution in [2.75, 3.05) is 6.61 Å². The molecule has 2 bridgehead atoms. The first-order chi connectivity index (χ1) is 19.2. The van der Waals surface area contributed by atoms with Crippen molar-refractivity contribution in [3.8, 4) is 0 Å². The predicted octanol–water partition coefficient (Wildman–Crippen LogP) is 2.56. The number of esters is 5. The van der Waals surface area contributed by atoms with E-state index in [1.807, 2.05) is 6.92 Å². The number of aromatic nitrogens is 1. The molecule has 224 valence electrons. The van der Waals surface area contributed by atoms with Gasteiger partial charge in [-0.05, 0) is 44.7 Å². The van der Waals surface area contributed by atoms with E-state index in [1.54, 1.807) is 19.9 Å². The molecule has 2 heterocycles. The normalized spacial score (nSPS) is 34.9. The number of carbonyl (C=O) groups is 5. The number of hydrogen-bond acceptors (Lipinski definition) is 12. The Hall–Kier alpha value is -3.54. The van der Waals surface area contributed by atoms with Crippen LogP contribution in [0.1, 0.15) is 71.7 Å². The summed E-state index contributed by atoms with van der Waals surface area (Å²) < 4.78 is 36.6. The summed E-state index contributed by atoms with van der Waals surface area (Å²) in [5, 5.41) is 0. The van der Waals surface area contributed by atoms with E-state index < -0.39 is 83.4 Å². The van der Waals surface area contributed by atoms with Crippen LogP contribution in [0.5, 0.6) is 0 Å². The molecule has 0 amide bonds. The summed E-state index contributed by atoms with van der Waals surface area (Å²) >= 11 is 0. The molecule has 1 aliphatic heterocycles. The number of fused-ring (bicyclic) bond motifs is 1. The number of nitrogens with zero attached hydrogens (tertiary/aromatic N) is 1. The Labute approximate surface area is 238 Å². The molecule has 1 saturated heterocycles. The summed E-state index contributed by atoms with van der Waals surface area (Å²) in [4.78, 5) is 67.6. The van der Waals surface area contributed by atoms with Crippen molar-refractivity contribution in [3.63, 3.8) is 0 Å². The molecule has 0 unspecified atom stereocenters. The third-order valence-electron chi connectivity index (χ3n) is 8.59. The smallest absolute Gasteiger partial charge is 0.340 e. The highest BCUT2D eigenvalue weighted by Gasteiger charge is 2.84. The maximum atomic E-state index is 13.6. The van der Waals surface area contributed by atoms with Crippen LogP contribution in [0.2, 0.25) is 0 Å². The van der Waals surface area contributed by atoms with Gasteiger partial charge in [-0.15, -0.1) is 0 Å². The van der Waals surface area contributed by atoms with Gasteiger partial charge in [0.05, 0.1) is 17.1 Å². The quantitative estimate of drug-likeness (QED) is 0.347. The lowest BCUT2D eigenvalue weighted by Gasteiger charge is -2.63. The van der Waals surface area contributed by atoms with Crippen LogP contribution in [-0.2, 0) is 47.6 Å². The van der Waals surface area contributed by atoms with Crippen molar-refractivity contribution in [1.82, 2.24) is 4.98 Å². The zero-order valence-corrected chi connectivity index (χ0v) is 24.3. The van der Waals surface area contributed by atoms with Gasteiger partial charge in [0, 0.05) is 40.1 Å². The maximum Gasteiger partial charge on any atom is 0.340 e. The molecule has 0 N–H and O–H groups in total. The zero-order valence-electron chi connectivity index (χ0n) is 24.3. The third kappa shape index (κ3) is 5.06. The molecule has 12 heteroatoms. The molecule has 1 aromatic rings. The minimum atomic E-state index is -1.66. The topological polar surface area (TPSA) is 154 Å². The van der Waals surface area contributed by atoms with Gasteiger partial charge in [0.15, 0.2) is 6.10 Å². The second-order valence-corrected chi connectivity index (χ2v) is 11.6. The fourth-order valence-electron chi connectivity index (χ4n) is 7.35. The molecule has 2 saturated carbocycles. The van der Waals surface area contributed by atoms with Gasteiger partial charge < -0.3 is 28.4 Å². The van der Waals surface area contributed by atoms with Crippen LogP contribution in [0.4, 0.5) is 0 Å². The van der Waals surface area contributed by atoms with Crippen LogP contribution < -0.4 is 0 Å². The van der Waals surface area contributed by atoms with Gasteiger partial charge in [-0.2, -0.15) is 0 Å². The number of carbonyl (C=O) groups excluding carboxylic acids is 5. The van der Waals surface area contributed by atoms with Crippen molar-refractivity contribution in [2.45, 2.75) is 96.9 Å². The third-order valence-corrected chi connectivity index (χ3v) is 8.59. The van der Waals surface area contributed by atoms with Gasteiger partial charge in [-0.3, -0.25) is 24.2 Å². The Bertz CT molecular complexity index is 1220. The molecule has 8 atom stereocenters. The maximum absolute atomic E-state index is 13.6. The molecule has 3 fully saturated rings. The lowest BCUT2D eigenvalue weighted by atomic mass is 9.47. The molecular formula is C29H37NO11. The number of hydrogen-bond donors (Lipinski definition) is 0. The van der Waals surface area contributed by atoms with Crippen molar-refractivity contribution >= 4 is 29.8 Å². The first-order valence-electron chi connectivity index (χ1n) is 13.6. The molecule has 4 rings (SSSR count). The van der Waals surface area contributed by atoms with Crippen LogP contribution in [-0.4, -0.2) is 77.1 Å². The Morgan fingerprint density at radius 3 is 2.12 bits per heavy atom. The Morgan fingerprint density at radius 1 is 0.902 bits per heavy atom. The largest absolute Gasteiger partial charge is 0.465 e. The van der Waals surface area contributed by atoms with Crippen molar-refractivity contribution in [1.29, 1.82) is 0 Å². The van der Waals surface area contributed by atoms with E-state index in [-0.39, 0.29) is 17.9 Å². The summed E-state index contributed by atoms with van der Waals surface area (Å²) in [6, 6.07) is 3.07. The average Bonchev–Trinajstić information content (AvgIpc) is 3.06. The number of pyridine rings is 1. The number of rotatable bonds is 7. The summed E-state index contributed by atoms with van der Waals surface area (Å²) in [5.74, 6) is -4.57. The molecule has 1 aromatic heterocycles. The van der Waals surface area contributed by atoms with Gasteiger partial charge in [0.1, 0.15) is 35.9 Å². The molecular weight excluding hydrogens is 538 g/mol. The average molecular weight is 576 g/mol. The second kappa shape index (κ2) is 11.0. The van der Waals surface area contributed by atoms with Crippen molar-refractivity contribution in [2.24, 2.45) is 17.3 Å². The van der Waals surface area contributed by atoms with E-state index in [9.17, 15) is 24.0 Å². The standard InChI is InChI=1S/C29H37NO11/c1-15-10-11-21(37-17(3)32)28(14-36-16(2)31)25(40-26(35)20-9-8-12-30-13-20)23(38-18(4)33)22-24(39-19(5)34)29(15,28)41-27(22,6)7/h8-9,12-13,15,21-25H,10-11,14H2,1-7H3/t15-,21+,22-,23-,24+,25+,28-,29-/m1/s1. The van der Waals surface area contributed by atoms with Gasteiger partial charge in [-0.1, -0.05) is 6.92 Å². The summed E-state index contributed by atoms with van der Waals surface area (Å²) in [5.41, 5.74) is -4.14. The molecule has 41 heavy (non-hydrogen) atoms. The van der Waals surface area contributed by atoms with Crippen LogP contribution >= 0.6 is 0 Å². The second-order valence-electron chi connectivity index (χ2n) is 11.6. The molecule has 12 nitrogen and oxygen atoms in total. The first-order valence-corrected chi connectivity index (χ1v) is 13.6. The first kappa shape index (κ1) is 30.4. The van der Waals surface area contributed by atoms with Crippen LogP contribution in [0.3, 0.4) is 0 Å². The van der Waals surface area contributed by atoms with Gasteiger partial charge in [-0.25, -0.2) is 4.79 Å². The Balaban J connectivity index is 2.06. The monoisotopic (exact) mass is 575 g/mol. The van der Waals surface area contributed by atoms with Gasteiger partial charge >= 0.3 is 29.8 Å². The molecule has 0 aromatic carbocycles. The highest BCUT2D eigenvalue weighted by molar-refractivity contribution is 5.89. The van der Waals surface area contributed by atoms with E-state index in [0.717, 1.165) is 0 Å². The summed E-state index contributed by atoms with van der Waals surface area (Å²) in [7, 11) is 0. The molecule has 3 aliphatic rings. The molecule has 0 radical (unpaired) electrons. The van der Waals surface area contributed by atoms with E-state index in [0.29, 0.717) is 6.42 Å². The van der Waals surface area contributed by atoms with Crippen LogP contribution in [0, 0.1) is 17.3 Å². The molecule has 2 aliphatic carbocycles. The summed E-state index contributed by atoms with van der Waals surface area (Å²) in [6.45, 7) is 9.89. The minimum absolute atomic E-state index is 0.119. The van der Waals surface area contributed by atoms with Crippen LogP contribution in [0.25, 0.3) is 0 Å². The van der Waals surface area contributed by atoms with Gasteiger partial charge in [0.2, 0.25) is 0 Å². The highest BCUT2D eigenvalue weighted by Crippen LogP contribution is 2.68. The van der Waals surface area contributed by atoms with Gasteiger partial charge in [0.25, 0.3) is 0 Å². The zero-order chi connectivity index (χ0) is 30.3. The van der Waals surface area contributed by atoms with Crippen molar-refractivity contribution in [3.05, 3.63) is 30.1 Å². The fourth-order valence-corrected chi connectivity index (χ4v) is 7.35. The lowest BCUT2D eigenvalue weighted by molar-refractivity contribution is -0.314. The highest BCUT2D eigenvalue weighted by atomic mass is 16.6. The summed E-state index contributed by atoms with van der Waals surface area (Å²) in [6.07, 6.45) is -1.13. The predicted molar refractivity (Wildman–Crippen MR) is 139 cm³/mol. The minimum Gasteiger partial charge on any atom is -0.465 e. The van der Waals surface area contributed by atoms with Crippen molar-refractivity contribution < 1.29 is 52.4 Å². The van der Waals surface area contributed by atoms with E-state index in [4.69, 9.17) is 28.4 Å². The van der Waals surface area contributed by atoms with Crippen LogP contribution in [0.15, 0.2) is 24.5 Å². The Morgan fingerprint density at radius 2 is 1.56 bits per heavy atom. The van der Waals surface area contributed by atoms with E-state index in [1.165, 1.54) is 46.2 Å².